The van der Waals surface area contributed by atoms with Crippen molar-refractivity contribution in [1.82, 2.24) is 9.47 Å². The van der Waals surface area contributed by atoms with E-state index in [1.165, 1.54) is 6.07 Å². The number of fused-ring (bicyclic) bond motifs is 3. The number of aromatic nitrogens is 1. The van der Waals surface area contributed by atoms with Crippen molar-refractivity contribution in [2.45, 2.75) is 19.5 Å². The van der Waals surface area contributed by atoms with Crippen molar-refractivity contribution in [3.63, 3.8) is 0 Å². The fraction of sp³-hybridized carbons (Fsp3) is 0.115. The Balaban J connectivity index is 1.64. The first kappa shape index (κ1) is 20.0. The maximum Gasteiger partial charge on any atom is 0.323 e. The summed E-state index contributed by atoms with van der Waals surface area (Å²) in [5.41, 5.74) is 4.85. The Morgan fingerprint density at radius 2 is 1.81 bits per heavy atom. The van der Waals surface area contributed by atoms with Gasteiger partial charge in [0.15, 0.2) is 0 Å². The quantitative estimate of drug-likeness (QED) is 0.405. The van der Waals surface area contributed by atoms with Crippen molar-refractivity contribution < 1.29 is 13.6 Å². The normalized spacial score (nSPS) is 15.0. The number of anilines is 1. The van der Waals surface area contributed by atoms with E-state index in [-0.39, 0.29) is 5.69 Å². The third kappa shape index (κ3) is 3.54. The molecule has 1 aromatic heterocycles. The molecule has 1 atom stereocenters. The molecule has 0 spiro atoms. The van der Waals surface area contributed by atoms with Gasteiger partial charge in [-0.3, -0.25) is 0 Å². The van der Waals surface area contributed by atoms with Crippen molar-refractivity contribution in [3.05, 3.63) is 119 Å². The number of urea groups is 1. The third-order valence-corrected chi connectivity index (χ3v) is 5.76. The molecule has 2 amide bonds. The number of benzene rings is 3. The summed E-state index contributed by atoms with van der Waals surface area (Å²) in [5.74, 6) is -1.51. The summed E-state index contributed by atoms with van der Waals surface area (Å²) < 4.78 is 29.7. The number of nitrogens with one attached hydrogen (secondary N) is 1. The largest absolute Gasteiger partial charge is 0.323 e. The molecule has 5 rings (SSSR count). The predicted octanol–water partition coefficient (Wildman–Crippen LogP) is 6.20. The Hall–Kier alpha value is -3.93. The van der Waals surface area contributed by atoms with Gasteiger partial charge < -0.3 is 14.8 Å². The van der Waals surface area contributed by atoms with Crippen LogP contribution in [0.15, 0.2) is 85.1 Å². The van der Waals surface area contributed by atoms with Gasteiger partial charge >= 0.3 is 6.03 Å². The molecule has 0 unspecified atom stereocenters. The molecule has 3 aromatic carbocycles. The van der Waals surface area contributed by atoms with Crippen LogP contribution in [-0.4, -0.2) is 15.5 Å². The molecule has 0 aliphatic carbocycles. The minimum absolute atomic E-state index is 0.0627. The lowest BCUT2D eigenvalue weighted by Crippen LogP contribution is -2.38. The van der Waals surface area contributed by atoms with Gasteiger partial charge in [0.05, 0.1) is 24.0 Å². The van der Waals surface area contributed by atoms with Crippen LogP contribution in [0.5, 0.6) is 0 Å². The summed E-state index contributed by atoms with van der Waals surface area (Å²) in [4.78, 5) is 15.2. The van der Waals surface area contributed by atoms with E-state index in [0.29, 0.717) is 6.54 Å². The number of halogens is 2. The van der Waals surface area contributed by atoms with E-state index in [4.69, 9.17) is 0 Å². The van der Waals surface area contributed by atoms with Crippen LogP contribution < -0.4 is 5.32 Å². The van der Waals surface area contributed by atoms with Crippen molar-refractivity contribution in [3.8, 4) is 5.69 Å². The molecular formula is C26H21F2N3O. The molecule has 2 heterocycles. The molecule has 6 heteroatoms. The van der Waals surface area contributed by atoms with E-state index >= 15 is 0 Å². The first-order chi connectivity index (χ1) is 15.5. The van der Waals surface area contributed by atoms with Crippen LogP contribution in [-0.2, 0) is 6.54 Å². The van der Waals surface area contributed by atoms with Gasteiger partial charge in [0, 0.05) is 18.0 Å². The van der Waals surface area contributed by atoms with E-state index in [1.807, 2.05) is 67.7 Å². The minimum atomic E-state index is -0.816. The zero-order valence-corrected chi connectivity index (χ0v) is 17.4. The van der Waals surface area contributed by atoms with Crippen LogP contribution in [0.3, 0.4) is 0 Å². The second-order valence-electron chi connectivity index (χ2n) is 7.93. The smallest absolute Gasteiger partial charge is 0.318 e. The molecule has 0 saturated heterocycles. The second kappa shape index (κ2) is 7.96. The summed E-state index contributed by atoms with van der Waals surface area (Å²) in [7, 11) is 0. The molecule has 1 N–H and O–H groups in total. The molecule has 4 aromatic rings. The van der Waals surface area contributed by atoms with Gasteiger partial charge in [0.1, 0.15) is 11.6 Å². The highest BCUT2D eigenvalue weighted by molar-refractivity contribution is 5.90. The lowest BCUT2D eigenvalue weighted by molar-refractivity contribution is 0.194. The highest BCUT2D eigenvalue weighted by atomic mass is 19.1. The van der Waals surface area contributed by atoms with Gasteiger partial charge in [-0.25, -0.2) is 13.6 Å². The number of rotatable bonds is 2. The highest BCUT2D eigenvalue weighted by Gasteiger charge is 2.33. The first-order valence-corrected chi connectivity index (χ1v) is 10.4. The molecule has 0 saturated carbocycles. The molecular weight excluding hydrogens is 408 g/mol. The number of nitrogens with zero attached hydrogens (tertiary/aromatic N) is 2. The van der Waals surface area contributed by atoms with Gasteiger partial charge in [0.2, 0.25) is 0 Å². The lowest BCUT2D eigenvalue weighted by Gasteiger charge is -2.31. The average Bonchev–Trinajstić information content (AvgIpc) is 3.20. The van der Waals surface area contributed by atoms with E-state index in [1.54, 1.807) is 4.90 Å². The fourth-order valence-electron chi connectivity index (χ4n) is 4.31. The van der Waals surface area contributed by atoms with E-state index < -0.39 is 23.7 Å². The second-order valence-corrected chi connectivity index (χ2v) is 7.93. The SMILES string of the molecule is Cc1cccc([C@H]2c3cccn3-c3ccccc3CN2C(=O)Nc2ccc(F)cc2F)c1. The van der Waals surface area contributed by atoms with E-state index in [2.05, 4.69) is 16.0 Å². The topological polar surface area (TPSA) is 37.3 Å². The summed E-state index contributed by atoms with van der Waals surface area (Å²) >= 11 is 0. The van der Waals surface area contributed by atoms with E-state index in [0.717, 1.165) is 40.2 Å². The Kier molecular flexibility index (Phi) is 4.98. The van der Waals surface area contributed by atoms with Crippen LogP contribution in [0, 0.1) is 18.6 Å². The van der Waals surface area contributed by atoms with Crippen LogP contribution in [0.4, 0.5) is 19.3 Å². The standard InChI is InChI=1S/C26H21F2N3O/c1-17-6-4-8-18(14-17)25-24-10-5-13-30(24)23-9-3-2-7-19(23)16-31(25)26(32)29-22-12-11-20(27)15-21(22)28/h2-15,25H,16H2,1H3,(H,29,32)/t25-/m0/s1. The van der Waals surface area contributed by atoms with Crippen LogP contribution in [0.2, 0.25) is 0 Å². The van der Waals surface area contributed by atoms with Crippen molar-refractivity contribution in [2.24, 2.45) is 0 Å². The number of hydrogen-bond donors (Lipinski definition) is 1. The minimum Gasteiger partial charge on any atom is -0.318 e. The first-order valence-electron chi connectivity index (χ1n) is 10.4. The maximum absolute atomic E-state index is 14.3. The Morgan fingerprint density at radius 1 is 0.969 bits per heavy atom. The third-order valence-electron chi connectivity index (χ3n) is 5.76. The molecule has 0 bridgehead atoms. The van der Waals surface area contributed by atoms with Crippen molar-refractivity contribution in [2.75, 3.05) is 5.32 Å². The fourth-order valence-corrected chi connectivity index (χ4v) is 4.31. The summed E-state index contributed by atoms with van der Waals surface area (Å²) in [6.45, 7) is 2.33. The molecule has 0 fully saturated rings. The number of para-hydroxylation sites is 1. The van der Waals surface area contributed by atoms with Crippen molar-refractivity contribution in [1.29, 1.82) is 0 Å². The molecule has 160 valence electrons. The maximum atomic E-state index is 14.3. The monoisotopic (exact) mass is 429 g/mol. The number of aryl methyl sites for hydroxylation is 1. The average molecular weight is 429 g/mol. The van der Waals surface area contributed by atoms with Crippen LogP contribution in [0.1, 0.15) is 28.4 Å². The zero-order chi connectivity index (χ0) is 22.2. The van der Waals surface area contributed by atoms with Gasteiger partial charge in [-0.2, -0.15) is 0 Å². The Labute approximate surface area is 184 Å². The van der Waals surface area contributed by atoms with Crippen LogP contribution >= 0.6 is 0 Å². The molecule has 32 heavy (non-hydrogen) atoms. The number of hydrogen-bond acceptors (Lipinski definition) is 1. The van der Waals surface area contributed by atoms with Crippen LogP contribution in [0.25, 0.3) is 5.69 Å². The highest BCUT2D eigenvalue weighted by Crippen LogP contribution is 2.37. The molecule has 1 aliphatic heterocycles. The van der Waals surface area contributed by atoms with Crippen molar-refractivity contribution >= 4 is 11.7 Å². The summed E-state index contributed by atoms with van der Waals surface area (Å²) in [5, 5.41) is 2.64. The number of carbonyl (C=O) groups excluding carboxylic acids is 1. The predicted molar refractivity (Wildman–Crippen MR) is 120 cm³/mol. The summed E-state index contributed by atoms with van der Waals surface area (Å²) in [6.07, 6.45) is 1.98. The number of amides is 2. The van der Waals surface area contributed by atoms with Gasteiger partial charge in [-0.1, -0.05) is 48.0 Å². The Morgan fingerprint density at radius 3 is 2.62 bits per heavy atom. The molecule has 1 aliphatic rings. The molecule has 0 radical (unpaired) electrons. The zero-order valence-electron chi connectivity index (χ0n) is 17.4. The Bertz CT molecular complexity index is 1310. The van der Waals surface area contributed by atoms with Gasteiger partial charge in [0.25, 0.3) is 0 Å². The number of carbonyl (C=O) groups is 1. The van der Waals surface area contributed by atoms with Gasteiger partial charge in [-0.15, -0.1) is 0 Å². The summed E-state index contributed by atoms with van der Waals surface area (Å²) in [6, 6.07) is 22.1. The van der Waals surface area contributed by atoms with Gasteiger partial charge in [-0.05, 0) is 48.4 Å². The molecule has 4 nitrogen and oxygen atoms in total. The lowest BCUT2D eigenvalue weighted by atomic mass is 10.00. The van der Waals surface area contributed by atoms with E-state index in [9.17, 15) is 13.6 Å².